The number of nitrogens with one attached hydrogen (secondary N) is 1. The first-order valence-corrected chi connectivity index (χ1v) is 6.02. The van der Waals surface area contributed by atoms with Crippen LogP contribution in [0.25, 0.3) is 6.08 Å². The molecule has 92 valence electrons. The fourth-order valence-corrected chi connectivity index (χ4v) is 2.18. The molecule has 0 aliphatic carbocycles. The summed E-state index contributed by atoms with van der Waals surface area (Å²) in [5.74, 6) is -0.355. The van der Waals surface area contributed by atoms with Gasteiger partial charge in [0.1, 0.15) is 11.6 Å². The summed E-state index contributed by atoms with van der Waals surface area (Å²) in [6.45, 7) is 3.17. The number of benzene rings is 1. The van der Waals surface area contributed by atoms with Crippen molar-refractivity contribution in [1.29, 1.82) is 0 Å². The Morgan fingerprint density at radius 1 is 1.29 bits per heavy atom. The Hall–Kier alpha value is -1.22. The van der Waals surface area contributed by atoms with Crippen molar-refractivity contribution in [3.05, 3.63) is 41.5 Å². The Kier molecular flexibility index (Phi) is 3.89. The predicted octanol–water partition coefficient (Wildman–Crippen LogP) is 3.37. The third-order valence-corrected chi connectivity index (χ3v) is 3.19. The molecule has 1 fully saturated rings. The van der Waals surface area contributed by atoms with E-state index in [0.717, 1.165) is 13.0 Å². The van der Waals surface area contributed by atoms with Gasteiger partial charge >= 0.3 is 0 Å². The lowest BCUT2D eigenvalue weighted by atomic mass is 9.94. The zero-order valence-electron chi connectivity index (χ0n) is 9.92. The smallest absolute Gasteiger partial charge is 0.133 e. The molecule has 0 amide bonds. The highest BCUT2D eigenvalue weighted by atomic mass is 19.1. The maximum atomic E-state index is 13.4. The van der Waals surface area contributed by atoms with Crippen molar-refractivity contribution in [2.45, 2.75) is 25.8 Å². The third kappa shape index (κ3) is 3.13. The van der Waals surface area contributed by atoms with Gasteiger partial charge in [0.2, 0.25) is 0 Å². The van der Waals surface area contributed by atoms with E-state index in [1.165, 1.54) is 24.6 Å². The van der Waals surface area contributed by atoms with Crippen molar-refractivity contribution in [2.24, 2.45) is 5.92 Å². The largest absolute Gasteiger partial charge is 0.310 e. The molecule has 17 heavy (non-hydrogen) atoms. The van der Waals surface area contributed by atoms with Gasteiger partial charge in [0, 0.05) is 11.6 Å². The third-order valence-electron chi connectivity index (χ3n) is 3.19. The number of halogens is 2. The van der Waals surface area contributed by atoms with Gasteiger partial charge in [0.15, 0.2) is 0 Å². The number of piperidine rings is 1. The minimum absolute atomic E-state index is 0.0486. The van der Waals surface area contributed by atoms with Crippen molar-refractivity contribution in [1.82, 2.24) is 5.32 Å². The molecule has 0 radical (unpaired) electrons. The average molecular weight is 237 g/mol. The lowest BCUT2D eigenvalue weighted by molar-refractivity contribution is 0.357. The molecule has 0 aromatic heterocycles. The number of hydrogen-bond acceptors (Lipinski definition) is 1. The quantitative estimate of drug-likeness (QED) is 0.831. The second kappa shape index (κ2) is 5.41. The van der Waals surface area contributed by atoms with E-state index in [1.807, 2.05) is 6.08 Å². The summed E-state index contributed by atoms with van der Waals surface area (Å²) >= 11 is 0. The predicted molar refractivity (Wildman–Crippen MR) is 65.6 cm³/mol. The Labute approximate surface area is 101 Å². The lowest BCUT2D eigenvalue weighted by Gasteiger charge is -2.25. The average Bonchev–Trinajstić information content (AvgIpc) is 2.28. The van der Waals surface area contributed by atoms with Crippen LogP contribution in [0.5, 0.6) is 0 Å². The van der Waals surface area contributed by atoms with Gasteiger partial charge in [-0.05, 0) is 37.4 Å². The van der Waals surface area contributed by atoms with Crippen LogP contribution >= 0.6 is 0 Å². The highest BCUT2D eigenvalue weighted by Crippen LogP contribution is 2.18. The second-order valence-electron chi connectivity index (χ2n) is 4.68. The fraction of sp³-hybridized carbons (Fsp3) is 0.429. The second-order valence-corrected chi connectivity index (χ2v) is 4.68. The van der Waals surface area contributed by atoms with Crippen molar-refractivity contribution in [3.63, 3.8) is 0 Å². The Bertz CT molecular complexity index is 394. The van der Waals surface area contributed by atoms with E-state index in [2.05, 4.69) is 12.2 Å². The molecule has 3 heteroatoms. The van der Waals surface area contributed by atoms with E-state index in [0.29, 0.717) is 5.92 Å². The monoisotopic (exact) mass is 237 g/mol. The zero-order chi connectivity index (χ0) is 12.3. The molecule has 1 aliphatic rings. The minimum atomic E-state index is -0.509. The van der Waals surface area contributed by atoms with Crippen LogP contribution in [0.15, 0.2) is 24.3 Å². The van der Waals surface area contributed by atoms with Crippen LogP contribution in [0.3, 0.4) is 0 Å². The van der Waals surface area contributed by atoms with Crippen molar-refractivity contribution >= 4 is 6.08 Å². The molecule has 1 aliphatic heterocycles. The van der Waals surface area contributed by atoms with Crippen molar-refractivity contribution < 1.29 is 8.78 Å². The highest BCUT2D eigenvalue weighted by molar-refractivity contribution is 5.51. The van der Waals surface area contributed by atoms with E-state index in [4.69, 9.17) is 0 Å². The van der Waals surface area contributed by atoms with Crippen LogP contribution in [-0.2, 0) is 0 Å². The molecule has 1 aromatic rings. The first-order valence-electron chi connectivity index (χ1n) is 6.02. The summed E-state index contributed by atoms with van der Waals surface area (Å²) in [7, 11) is 0. The van der Waals surface area contributed by atoms with Gasteiger partial charge < -0.3 is 5.32 Å². The molecule has 2 rings (SSSR count). The molecule has 0 saturated carbocycles. The SMILES string of the molecule is CC1CCNC(/C=C/c2c(F)cccc2F)C1. The molecule has 1 heterocycles. The standard InChI is InChI=1S/C14H17F2N/c1-10-7-8-17-11(9-10)5-6-12-13(15)3-2-4-14(12)16/h2-6,10-11,17H,7-9H2,1H3/b6-5+. The van der Waals surface area contributed by atoms with E-state index in [1.54, 1.807) is 6.08 Å². The first-order chi connectivity index (χ1) is 8.16. The van der Waals surface area contributed by atoms with Gasteiger partial charge in [-0.25, -0.2) is 8.78 Å². The van der Waals surface area contributed by atoms with Crippen molar-refractivity contribution in [2.75, 3.05) is 6.54 Å². The number of hydrogen-bond donors (Lipinski definition) is 1. The summed E-state index contributed by atoms with van der Waals surface area (Å²) in [4.78, 5) is 0. The summed E-state index contributed by atoms with van der Waals surface area (Å²) < 4.78 is 26.7. The summed E-state index contributed by atoms with van der Waals surface area (Å²) in [5, 5.41) is 3.33. The lowest BCUT2D eigenvalue weighted by Crippen LogP contribution is -2.35. The minimum Gasteiger partial charge on any atom is -0.310 e. The molecular formula is C14H17F2N. The van der Waals surface area contributed by atoms with Crippen LogP contribution in [0.1, 0.15) is 25.3 Å². The zero-order valence-corrected chi connectivity index (χ0v) is 9.92. The molecule has 1 N–H and O–H groups in total. The van der Waals surface area contributed by atoms with E-state index in [9.17, 15) is 8.78 Å². The summed E-state index contributed by atoms with van der Waals surface area (Å²) in [6, 6.07) is 4.15. The van der Waals surface area contributed by atoms with Gasteiger partial charge in [0.25, 0.3) is 0 Å². The maximum Gasteiger partial charge on any atom is 0.133 e. The Morgan fingerprint density at radius 3 is 2.65 bits per heavy atom. The fourth-order valence-electron chi connectivity index (χ4n) is 2.18. The van der Waals surface area contributed by atoms with Crippen LogP contribution in [0.2, 0.25) is 0 Å². The summed E-state index contributed by atoms with van der Waals surface area (Å²) in [6.07, 6.45) is 5.59. The topological polar surface area (TPSA) is 12.0 Å². The number of rotatable bonds is 2. The van der Waals surface area contributed by atoms with Crippen LogP contribution in [-0.4, -0.2) is 12.6 Å². The van der Waals surface area contributed by atoms with Gasteiger partial charge in [0.05, 0.1) is 0 Å². The normalized spacial score (nSPS) is 25.4. The molecule has 2 unspecified atom stereocenters. The van der Waals surface area contributed by atoms with Crippen LogP contribution in [0, 0.1) is 17.6 Å². The maximum absolute atomic E-state index is 13.4. The molecule has 1 aromatic carbocycles. The van der Waals surface area contributed by atoms with Crippen LogP contribution < -0.4 is 5.32 Å². The molecule has 1 nitrogen and oxygen atoms in total. The van der Waals surface area contributed by atoms with E-state index in [-0.39, 0.29) is 11.6 Å². The molecular weight excluding hydrogens is 220 g/mol. The van der Waals surface area contributed by atoms with Gasteiger partial charge in [-0.3, -0.25) is 0 Å². The first kappa shape index (κ1) is 12.2. The highest BCUT2D eigenvalue weighted by Gasteiger charge is 2.15. The molecule has 1 saturated heterocycles. The van der Waals surface area contributed by atoms with E-state index < -0.39 is 11.6 Å². The molecule has 0 spiro atoms. The summed E-state index contributed by atoms with van der Waals surface area (Å²) in [5.41, 5.74) is 0.0486. The Balaban J connectivity index is 2.09. The van der Waals surface area contributed by atoms with Gasteiger partial charge in [-0.2, -0.15) is 0 Å². The van der Waals surface area contributed by atoms with Gasteiger partial charge in [-0.1, -0.05) is 25.1 Å². The van der Waals surface area contributed by atoms with Crippen LogP contribution in [0.4, 0.5) is 8.78 Å². The Morgan fingerprint density at radius 2 is 2.00 bits per heavy atom. The van der Waals surface area contributed by atoms with E-state index >= 15 is 0 Å². The van der Waals surface area contributed by atoms with Gasteiger partial charge in [-0.15, -0.1) is 0 Å². The molecule has 0 bridgehead atoms. The molecule has 2 atom stereocenters. The van der Waals surface area contributed by atoms with Crippen molar-refractivity contribution in [3.8, 4) is 0 Å².